The van der Waals surface area contributed by atoms with Crippen molar-refractivity contribution in [1.29, 1.82) is 0 Å². The van der Waals surface area contributed by atoms with Crippen LogP contribution in [-0.2, 0) is 4.79 Å². The quantitative estimate of drug-likeness (QED) is 0.691. The van der Waals surface area contributed by atoms with Gasteiger partial charge >= 0.3 is 5.97 Å². The molecule has 0 aliphatic carbocycles. The van der Waals surface area contributed by atoms with Gasteiger partial charge in [0.1, 0.15) is 0 Å². The Morgan fingerprint density at radius 1 is 1.10 bits per heavy atom. The summed E-state index contributed by atoms with van der Waals surface area (Å²) in [5, 5.41) is 12.9. The number of benzene rings is 1. The van der Waals surface area contributed by atoms with E-state index in [1.165, 1.54) is 12.1 Å². The van der Waals surface area contributed by atoms with Crippen LogP contribution < -0.4 is 0 Å². The van der Waals surface area contributed by atoms with Crippen molar-refractivity contribution in [3.8, 4) is 11.1 Å². The van der Waals surface area contributed by atoms with Crippen LogP contribution in [0.2, 0.25) is 0 Å². The molecule has 2 rings (SSSR count). The Balaban J connectivity index is 0.00000106. The van der Waals surface area contributed by atoms with Crippen LogP contribution in [0.15, 0.2) is 36.7 Å². The fourth-order valence-corrected chi connectivity index (χ4v) is 1.71. The van der Waals surface area contributed by atoms with Gasteiger partial charge in [0, 0.05) is 23.4 Å². The van der Waals surface area contributed by atoms with Crippen LogP contribution in [0.1, 0.15) is 44.1 Å². The molecule has 0 fully saturated rings. The fourth-order valence-electron chi connectivity index (χ4n) is 1.71. The number of hydrogen-bond acceptors (Lipinski definition) is 3. The molecule has 0 saturated carbocycles. The Morgan fingerprint density at radius 3 is 2.10 bits per heavy atom. The molecule has 2 aromatic rings. The van der Waals surface area contributed by atoms with Gasteiger partial charge in [-0.2, -0.15) is 5.10 Å². The van der Waals surface area contributed by atoms with E-state index in [1.807, 2.05) is 38.6 Å². The van der Waals surface area contributed by atoms with E-state index in [9.17, 15) is 9.59 Å². The highest BCUT2D eigenvalue weighted by Gasteiger charge is 2.14. The van der Waals surface area contributed by atoms with Gasteiger partial charge in [0.2, 0.25) is 0 Å². The van der Waals surface area contributed by atoms with E-state index in [1.54, 1.807) is 18.3 Å². The highest BCUT2D eigenvalue weighted by Crippen LogP contribution is 2.20. The monoisotopic (exact) mass is 288 g/mol. The van der Waals surface area contributed by atoms with Crippen molar-refractivity contribution in [3.63, 3.8) is 0 Å². The Kier molecular flexibility index (Phi) is 5.84. The predicted molar refractivity (Wildman–Crippen MR) is 81.4 cm³/mol. The van der Waals surface area contributed by atoms with Crippen LogP contribution in [0.25, 0.3) is 11.1 Å². The van der Waals surface area contributed by atoms with Gasteiger partial charge in [-0.15, -0.1) is 0 Å². The first-order valence-electron chi connectivity index (χ1n) is 6.91. The van der Waals surface area contributed by atoms with Crippen LogP contribution in [-0.4, -0.2) is 26.6 Å². The summed E-state index contributed by atoms with van der Waals surface area (Å²) in [6, 6.07) is 6.74. The highest BCUT2D eigenvalue weighted by atomic mass is 16.4. The molecule has 0 saturated heterocycles. The van der Waals surface area contributed by atoms with E-state index in [0.717, 1.165) is 11.1 Å². The largest absolute Gasteiger partial charge is 0.475 e. The molecule has 1 heterocycles. The third-order valence-corrected chi connectivity index (χ3v) is 2.81. The number of carboxylic acids is 1. The minimum atomic E-state index is -1.44. The molecule has 5 heteroatoms. The average Bonchev–Trinajstić information content (AvgIpc) is 2.99. The fraction of sp³-hybridized carbons (Fsp3) is 0.312. The molecule has 0 unspecified atom stereocenters. The lowest BCUT2D eigenvalue weighted by Gasteiger charge is -2.03. The molecule has 5 nitrogen and oxygen atoms in total. The minimum Gasteiger partial charge on any atom is -0.475 e. The maximum Gasteiger partial charge on any atom is 0.377 e. The van der Waals surface area contributed by atoms with Crippen LogP contribution in [0.4, 0.5) is 0 Å². The molecular formula is C16H20N2O3. The summed E-state index contributed by atoms with van der Waals surface area (Å²) < 4.78 is 1.84. The zero-order valence-corrected chi connectivity index (χ0v) is 12.7. The molecule has 0 spiro atoms. The van der Waals surface area contributed by atoms with Crippen molar-refractivity contribution in [1.82, 2.24) is 9.78 Å². The molecule has 1 aromatic heterocycles. The van der Waals surface area contributed by atoms with Crippen molar-refractivity contribution in [3.05, 3.63) is 42.2 Å². The van der Waals surface area contributed by atoms with Crippen molar-refractivity contribution in [2.24, 2.45) is 0 Å². The molecule has 21 heavy (non-hydrogen) atoms. The summed E-state index contributed by atoms with van der Waals surface area (Å²) in [6.45, 7) is 8.07. The van der Waals surface area contributed by atoms with Gasteiger partial charge in [0.15, 0.2) is 0 Å². The van der Waals surface area contributed by atoms with E-state index < -0.39 is 11.8 Å². The Morgan fingerprint density at radius 2 is 1.67 bits per heavy atom. The van der Waals surface area contributed by atoms with Gasteiger partial charge in [-0.1, -0.05) is 38.1 Å². The number of carbonyl (C=O) groups is 2. The molecule has 0 bridgehead atoms. The van der Waals surface area contributed by atoms with Crippen LogP contribution >= 0.6 is 0 Å². The maximum atomic E-state index is 11.3. The number of carboxylic acid groups (broad SMARTS) is 1. The van der Waals surface area contributed by atoms with Crippen LogP contribution in [0, 0.1) is 0 Å². The summed E-state index contributed by atoms with van der Waals surface area (Å²) in [5.74, 6) is -2.34. The number of aromatic nitrogens is 2. The summed E-state index contributed by atoms with van der Waals surface area (Å²) in [5.41, 5.74) is 2.00. The molecular weight excluding hydrogens is 268 g/mol. The first-order chi connectivity index (χ1) is 9.99. The smallest absolute Gasteiger partial charge is 0.377 e. The summed E-state index contributed by atoms with van der Waals surface area (Å²) in [7, 11) is 0. The van der Waals surface area contributed by atoms with E-state index in [4.69, 9.17) is 5.11 Å². The standard InChI is InChI=1S/C14H14N2O3.C2H6/c1-9(2)16-8-12(7-15-16)10-3-5-11(6-4-10)13(17)14(18)19;1-2/h3-9H,1-2H3,(H,18,19);1-2H3. The zero-order valence-electron chi connectivity index (χ0n) is 12.7. The molecule has 0 amide bonds. The van der Waals surface area contributed by atoms with E-state index in [-0.39, 0.29) is 11.6 Å². The van der Waals surface area contributed by atoms with E-state index in [2.05, 4.69) is 5.10 Å². The van der Waals surface area contributed by atoms with Crippen molar-refractivity contribution in [2.45, 2.75) is 33.7 Å². The van der Waals surface area contributed by atoms with Crippen molar-refractivity contribution < 1.29 is 14.7 Å². The number of ketones is 1. The lowest BCUT2D eigenvalue weighted by atomic mass is 10.1. The van der Waals surface area contributed by atoms with Gasteiger partial charge < -0.3 is 5.11 Å². The first-order valence-corrected chi connectivity index (χ1v) is 6.91. The number of rotatable bonds is 4. The van der Waals surface area contributed by atoms with Gasteiger partial charge in [0.25, 0.3) is 5.78 Å². The summed E-state index contributed by atoms with van der Waals surface area (Å²) in [4.78, 5) is 21.8. The Labute approximate surface area is 124 Å². The molecule has 0 aliphatic heterocycles. The highest BCUT2D eigenvalue weighted by molar-refractivity contribution is 6.39. The lowest BCUT2D eigenvalue weighted by molar-refractivity contribution is -0.131. The number of aliphatic carboxylic acids is 1. The Hall–Kier alpha value is -2.43. The zero-order chi connectivity index (χ0) is 16.0. The third kappa shape index (κ3) is 4.02. The second-order valence-electron chi connectivity index (χ2n) is 4.51. The van der Waals surface area contributed by atoms with Gasteiger partial charge in [-0.25, -0.2) is 4.79 Å². The Bertz CT molecular complexity index is 613. The molecule has 0 atom stereocenters. The first kappa shape index (κ1) is 16.6. The number of carbonyl (C=O) groups excluding carboxylic acids is 1. The summed E-state index contributed by atoms with van der Waals surface area (Å²) >= 11 is 0. The predicted octanol–water partition coefficient (Wildman–Crippen LogP) is 3.42. The van der Waals surface area contributed by atoms with Gasteiger partial charge in [-0.05, 0) is 19.4 Å². The average molecular weight is 288 g/mol. The minimum absolute atomic E-state index is 0.174. The molecule has 112 valence electrons. The van der Waals surface area contributed by atoms with Crippen LogP contribution in [0.5, 0.6) is 0 Å². The number of Topliss-reactive ketones (excluding diaryl/α,β-unsaturated/α-hetero) is 1. The van der Waals surface area contributed by atoms with Crippen LogP contribution in [0.3, 0.4) is 0 Å². The van der Waals surface area contributed by atoms with Crippen molar-refractivity contribution >= 4 is 11.8 Å². The van der Waals surface area contributed by atoms with E-state index >= 15 is 0 Å². The normalized spacial score (nSPS) is 9.95. The molecule has 0 aliphatic rings. The SMILES string of the molecule is CC.CC(C)n1cc(-c2ccc(C(=O)C(=O)O)cc2)cn1. The van der Waals surface area contributed by atoms with E-state index in [0.29, 0.717) is 0 Å². The summed E-state index contributed by atoms with van der Waals surface area (Å²) in [6.07, 6.45) is 3.66. The molecule has 1 aromatic carbocycles. The number of hydrogen-bond donors (Lipinski definition) is 1. The van der Waals surface area contributed by atoms with Gasteiger partial charge in [0.05, 0.1) is 6.20 Å². The molecule has 0 radical (unpaired) electrons. The topological polar surface area (TPSA) is 72.2 Å². The maximum absolute atomic E-state index is 11.3. The third-order valence-electron chi connectivity index (χ3n) is 2.81. The van der Waals surface area contributed by atoms with Gasteiger partial charge in [-0.3, -0.25) is 9.48 Å². The van der Waals surface area contributed by atoms with Crippen molar-refractivity contribution in [2.75, 3.05) is 0 Å². The second-order valence-corrected chi connectivity index (χ2v) is 4.51. The molecule has 1 N–H and O–H groups in total. The second kappa shape index (κ2) is 7.38. The lowest BCUT2D eigenvalue weighted by Crippen LogP contribution is -2.12. The number of nitrogens with zero attached hydrogens (tertiary/aromatic N) is 2.